The first kappa shape index (κ1) is 13.7. The zero-order valence-corrected chi connectivity index (χ0v) is 11.0. The number of benzene rings is 1. The molecule has 0 atom stereocenters. The van der Waals surface area contributed by atoms with Crippen molar-refractivity contribution in [1.29, 1.82) is 0 Å². The molecule has 0 radical (unpaired) electrons. The Hall–Kier alpha value is -1.68. The van der Waals surface area contributed by atoms with Crippen LogP contribution in [0.25, 0.3) is 0 Å². The number of carbonyl (C=O) groups is 2. The highest BCUT2D eigenvalue weighted by molar-refractivity contribution is 5.96. The first-order valence-corrected chi connectivity index (χ1v) is 6.77. The van der Waals surface area contributed by atoms with Crippen LogP contribution in [0.5, 0.6) is 0 Å². The maximum Gasteiger partial charge on any atom is 0.220 e. The number of primary amides is 1. The van der Waals surface area contributed by atoms with Gasteiger partial charge in [-0.1, -0.05) is 30.3 Å². The van der Waals surface area contributed by atoms with Crippen molar-refractivity contribution in [2.45, 2.75) is 19.3 Å². The number of amides is 1. The Morgan fingerprint density at radius 2 is 1.79 bits per heavy atom. The van der Waals surface area contributed by atoms with Gasteiger partial charge in [0.15, 0.2) is 5.78 Å². The molecular weight excluding hydrogens is 240 g/mol. The Morgan fingerprint density at radius 1 is 1.16 bits per heavy atom. The quantitative estimate of drug-likeness (QED) is 0.815. The highest BCUT2D eigenvalue weighted by atomic mass is 16.1. The summed E-state index contributed by atoms with van der Waals surface area (Å²) in [5.74, 6) is -0.00119. The van der Waals surface area contributed by atoms with Gasteiger partial charge in [0.1, 0.15) is 0 Å². The molecule has 1 aliphatic rings. The highest BCUT2D eigenvalue weighted by Crippen LogP contribution is 2.17. The molecule has 0 unspecified atom stereocenters. The van der Waals surface area contributed by atoms with Gasteiger partial charge >= 0.3 is 0 Å². The van der Waals surface area contributed by atoms with Crippen molar-refractivity contribution in [1.82, 2.24) is 4.90 Å². The monoisotopic (exact) mass is 260 g/mol. The lowest BCUT2D eigenvalue weighted by molar-refractivity contribution is -0.123. The molecule has 4 nitrogen and oxygen atoms in total. The number of hydrogen-bond acceptors (Lipinski definition) is 3. The zero-order valence-electron chi connectivity index (χ0n) is 11.0. The summed E-state index contributed by atoms with van der Waals surface area (Å²) in [5, 5.41) is 0. The average molecular weight is 260 g/mol. The molecule has 1 aromatic rings. The van der Waals surface area contributed by atoms with E-state index < -0.39 is 0 Å². The van der Waals surface area contributed by atoms with Crippen LogP contribution in [0.15, 0.2) is 30.3 Å². The largest absolute Gasteiger partial charge is 0.369 e. The van der Waals surface area contributed by atoms with E-state index in [1.54, 1.807) is 0 Å². The first-order valence-electron chi connectivity index (χ1n) is 6.77. The summed E-state index contributed by atoms with van der Waals surface area (Å²) >= 11 is 0. The molecule has 19 heavy (non-hydrogen) atoms. The van der Waals surface area contributed by atoms with Crippen molar-refractivity contribution >= 4 is 11.7 Å². The molecule has 0 bridgehead atoms. The normalized spacial score (nSPS) is 17.3. The topological polar surface area (TPSA) is 63.4 Å². The minimum atomic E-state index is -0.194. The lowest BCUT2D eigenvalue weighted by atomic mass is 9.96. The van der Waals surface area contributed by atoms with Gasteiger partial charge in [0.05, 0.1) is 0 Å². The average Bonchev–Trinajstić information content (AvgIpc) is 2.46. The van der Waals surface area contributed by atoms with Crippen LogP contribution in [0, 0.1) is 5.92 Å². The zero-order chi connectivity index (χ0) is 13.7. The van der Waals surface area contributed by atoms with Gasteiger partial charge in [0, 0.05) is 24.4 Å². The summed E-state index contributed by atoms with van der Waals surface area (Å²) in [4.78, 5) is 25.3. The second kappa shape index (κ2) is 6.48. The lowest BCUT2D eigenvalue weighted by Crippen LogP contribution is -2.39. The fraction of sp³-hybridized carbons (Fsp3) is 0.467. The molecule has 1 amide bonds. The molecule has 0 aromatic heterocycles. The summed E-state index contributed by atoms with van der Waals surface area (Å²) in [5.41, 5.74) is 6.07. The number of hydrogen-bond donors (Lipinski definition) is 1. The van der Waals surface area contributed by atoms with Crippen LogP contribution in [0.4, 0.5) is 0 Å². The van der Waals surface area contributed by atoms with E-state index in [0.717, 1.165) is 38.0 Å². The molecule has 0 aliphatic carbocycles. The minimum absolute atomic E-state index is 0.0149. The third kappa shape index (κ3) is 3.89. The van der Waals surface area contributed by atoms with Crippen molar-refractivity contribution in [2.24, 2.45) is 11.7 Å². The van der Waals surface area contributed by atoms with Crippen LogP contribution in [-0.4, -0.2) is 36.2 Å². The standard InChI is InChI=1S/C15H20N2O2/c16-15(19)13-6-9-17(10-7-13)11-8-14(18)12-4-2-1-3-5-12/h1-5,13H,6-11H2,(H2,16,19). The molecule has 1 fully saturated rings. The SMILES string of the molecule is NC(=O)C1CCN(CCC(=O)c2ccccc2)CC1. The molecule has 4 heteroatoms. The van der Waals surface area contributed by atoms with Gasteiger partial charge in [-0.15, -0.1) is 0 Å². The van der Waals surface area contributed by atoms with Gasteiger partial charge in [0.25, 0.3) is 0 Å². The van der Waals surface area contributed by atoms with Gasteiger partial charge < -0.3 is 10.6 Å². The lowest BCUT2D eigenvalue weighted by Gasteiger charge is -2.30. The maximum absolute atomic E-state index is 12.0. The Balaban J connectivity index is 1.75. The van der Waals surface area contributed by atoms with Crippen LogP contribution in [0.1, 0.15) is 29.6 Å². The minimum Gasteiger partial charge on any atom is -0.369 e. The van der Waals surface area contributed by atoms with Crippen molar-refractivity contribution < 1.29 is 9.59 Å². The van der Waals surface area contributed by atoms with E-state index in [1.165, 1.54) is 0 Å². The first-order chi connectivity index (χ1) is 9.16. The molecule has 0 spiro atoms. The molecule has 1 aromatic carbocycles. The highest BCUT2D eigenvalue weighted by Gasteiger charge is 2.23. The van der Waals surface area contributed by atoms with Crippen LogP contribution >= 0.6 is 0 Å². The fourth-order valence-electron chi connectivity index (χ4n) is 2.47. The number of piperidine rings is 1. The molecule has 0 saturated carbocycles. The molecule has 1 aliphatic heterocycles. The number of likely N-dealkylation sites (tertiary alicyclic amines) is 1. The second-order valence-electron chi connectivity index (χ2n) is 5.06. The summed E-state index contributed by atoms with van der Waals surface area (Å²) in [7, 11) is 0. The Bertz CT molecular complexity index is 437. The number of nitrogens with zero attached hydrogens (tertiary/aromatic N) is 1. The van der Waals surface area contributed by atoms with E-state index in [1.807, 2.05) is 30.3 Å². The van der Waals surface area contributed by atoms with E-state index in [4.69, 9.17) is 5.73 Å². The van der Waals surface area contributed by atoms with Crippen LogP contribution in [0.2, 0.25) is 0 Å². The maximum atomic E-state index is 12.0. The number of Topliss-reactive ketones (excluding diaryl/α,β-unsaturated/α-hetero) is 1. The van der Waals surface area contributed by atoms with Gasteiger partial charge in [-0.2, -0.15) is 0 Å². The molecular formula is C15H20N2O2. The van der Waals surface area contributed by atoms with Crippen molar-refractivity contribution in [3.63, 3.8) is 0 Å². The number of nitrogens with two attached hydrogens (primary N) is 1. The summed E-state index contributed by atoms with van der Waals surface area (Å²) < 4.78 is 0. The predicted octanol–water partition coefficient (Wildman–Crippen LogP) is 1.46. The van der Waals surface area contributed by atoms with E-state index in [9.17, 15) is 9.59 Å². The van der Waals surface area contributed by atoms with Crippen LogP contribution in [0.3, 0.4) is 0 Å². The summed E-state index contributed by atoms with van der Waals surface area (Å²) in [6.07, 6.45) is 2.16. The molecule has 1 saturated heterocycles. The molecule has 1 heterocycles. The third-order valence-corrected chi connectivity index (χ3v) is 3.74. The van der Waals surface area contributed by atoms with Crippen molar-refractivity contribution in [3.05, 3.63) is 35.9 Å². The van der Waals surface area contributed by atoms with Crippen molar-refractivity contribution in [2.75, 3.05) is 19.6 Å². The fourth-order valence-corrected chi connectivity index (χ4v) is 2.47. The predicted molar refractivity (Wildman–Crippen MR) is 73.7 cm³/mol. The molecule has 102 valence electrons. The molecule has 2 N–H and O–H groups in total. The summed E-state index contributed by atoms with van der Waals surface area (Å²) in [6, 6.07) is 9.37. The Morgan fingerprint density at radius 3 is 2.37 bits per heavy atom. The third-order valence-electron chi connectivity index (χ3n) is 3.74. The van der Waals surface area contributed by atoms with Gasteiger partial charge in [-0.3, -0.25) is 9.59 Å². The Kier molecular flexibility index (Phi) is 4.68. The smallest absolute Gasteiger partial charge is 0.220 e. The Labute approximate surface area is 113 Å². The van der Waals surface area contributed by atoms with Crippen LogP contribution in [-0.2, 0) is 4.79 Å². The van der Waals surface area contributed by atoms with Crippen LogP contribution < -0.4 is 5.73 Å². The van der Waals surface area contributed by atoms with E-state index in [2.05, 4.69) is 4.90 Å². The number of rotatable bonds is 5. The number of carbonyl (C=O) groups excluding carboxylic acids is 2. The van der Waals surface area contributed by atoms with E-state index in [-0.39, 0.29) is 17.6 Å². The van der Waals surface area contributed by atoms with E-state index >= 15 is 0 Å². The summed E-state index contributed by atoms with van der Waals surface area (Å²) in [6.45, 7) is 2.48. The second-order valence-corrected chi connectivity index (χ2v) is 5.06. The van der Waals surface area contributed by atoms with E-state index in [0.29, 0.717) is 6.42 Å². The number of ketones is 1. The molecule has 2 rings (SSSR count). The van der Waals surface area contributed by atoms with Gasteiger partial charge in [-0.25, -0.2) is 0 Å². The van der Waals surface area contributed by atoms with Gasteiger partial charge in [-0.05, 0) is 25.9 Å². The van der Waals surface area contributed by atoms with Gasteiger partial charge in [0.2, 0.25) is 5.91 Å². The van der Waals surface area contributed by atoms with Crippen molar-refractivity contribution in [3.8, 4) is 0 Å².